The first-order valence-corrected chi connectivity index (χ1v) is 8.40. The van der Waals surface area contributed by atoms with Crippen LogP contribution in [0.5, 0.6) is 0 Å². The number of nitrogens with one attached hydrogen (secondary N) is 3. The summed E-state index contributed by atoms with van der Waals surface area (Å²) in [6.07, 6.45) is 2.30. The molecule has 0 spiro atoms. The molecule has 22 heavy (non-hydrogen) atoms. The highest BCUT2D eigenvalue weighted by Crippen LogP contribution is 2.16. The van der Waals surface area contributed by atoms with Crippen LogP contribution in [0, 0.1) is 11.7 Å². The number of benzene rings is 1. The number of rotatable bonds is 5. The van der Waals surface area contributed by atoms with Crippen LogP contribution in [0.4, 0.5) is 4.39 Å². The SMILES string of the molecule is CC1NNCC1CNC1CCN(Cc2ccccc2F)CC1. The van der Waals surface area contributed by atoms with Crippen LogP contribution in [0.1, 0.15) is 25.3 Å². The van der Waals surface area contributed by atoms with Crippen LogP contribution >= 0.6 is 0 Å². The fraction of sp³-hybridized carbons (Fsp3) is 0.647. The number of piperidine rings is 1. The largest absolute Gasteiger partial charge is 0.313 e. The molecule has 2 fully saturated rings. The zero-order valence-electron chi connectivity index (χ0n) is 13.3. The molecule has 122 valence electrons. The van der Waals surface area contributed by atoms with E-state index in [4.69, 9.17) is 0 Å². The van der Waals surface area contributed by atoms with Gasteiger partial charge in [-0.2, -0.15) is 0 Å². The summed E-state index contributed by atoms with van der Waals surface area (Å²) < 4.78 is 13.7. The number of hydrogen-bond acceptors (Lipinski definition) is 4. The van der Waals surface area contributed by atoms with E-state index in [1.165, 1.54) is 0 Å². The van der Waals surface area contributed by atoms with Gasteiger partial charge in [0, 0.05) is 43.2 Å². The van der Waals surface area contributed by atoms with Crippen molar-refractivity contribution in [2.75, 3.05) is 26.2 Å². The van der Waals surface area contributed by atoms with Gasteiger partial charge in [-0.25, -0.2) is 4.39 Å². The van der Waals surface area contributed by atoms with Gasteiger partial charge in [0.1, 0.15) is 5.82 Å². The molecule has 1 aromatic rings. The second kappa shape index (κ2) is 7.51. The molecule has 0 aromatic heterocycles. The number of halogens is 1. The summed E-state index contributed by atoms with van der Waals surface area (Å²) in [4.78, 5) is 2.36. The third kappa shape index (κ3) is 4.04. The lowest BCUT2D eigenvalue weighted by Crippen LogP contribution is -2.44. The Labute approximate surface area is 132 Å². The van der Waals surface area contributed by atoms with Gasteiger partial charge in [-0.05, 0) is 38.9 Å². The number of hydrogen-bond donors (Lipinski definition) is 3. The van der Waals surface area contributed by atoms with Gasteiger partial charge in [-0.1, -0.05) is 18.2 Å². The van der Waals surface area contributed by atoms with Crippen LogP contribution < -0.4 is 16.2 Å². The molecular weight excluding hydrogens is 279 g/mol. The molecule has 2 unspecified atom stereocenters. The van der Waals surface area contributed by atoms with Gasteiger partial charge in [0.25, 0.3) is 0 Å². The molecule has 2 aliphatic rings. The van der Waals surface area contributed by atoms with Crippen molar-refractivity contribution in [1.82, 2.24) is 21.1 Å². The van der Waals surface area contributed by atoms with Crippen molar-refractivity contribution in [3.8, 4) is 0 Å². The summed E-state index contributed by atoms with van der Waals surface area (Å²) in [5.41, 5.74) is 7.29. The predicted molar refractivity (Wildman–Crippen MR) is 86.8 cm³/mol. The Bertz CT molecular complexity index is 473. The van der Waals surface area contributed by atoms with Gasteiger partial charge < -0.3 is 5.32 Å². The third-order valence-electron chi connectivity index (χ3n) is 5.01. The van der Waals surface area contributed by atoms with E-state index in [9.17, 15) is 4.39 Å². The molecule has 4 nitrogen and oxygen atoms in total. The fourth-order valence-corrected chi connectivity index (χ4v) is 3.38. The van der Waals surface area contributed by atoms with E-state index in [0.29, 0.717) is 18.0 Å². The van der Waals surface area contributed by atoms with Gasteiger partial charge in [-0.3, -0.25) is 15.8 Å². The van der Waals surface area contributed by atoms with Crippen LogP contribution in [-0.4, -0.2) is 43.2 Å². The first-order valence-electron chi connectivity index (χ1n) is 8.40. The molecule has 2 heterocycles. The Morgan fingerprint density at radius 1 is 1.27 bits per heavy atom. The maximum Gasteiger partial charge on any atom is 0.127 e. The van der Waals surface area contributed by atoms with Gasteiger partial charge in [0.2, 0.25) is 0 Å². The predicted octanol–water partition coefficient (Wildman–Crippen LogP) is 1.49. The Balaban J connectivity index is 1.40. The number of likely N-dealkylation sites (tertiary alicyclic amines) is 1. The minimum Gasteiger partial charge on any atom is -0.313 e. The third-order valence-corrected chi connectivity index (χ3v) is 5.01. The Morgan fingerprint density at radius 3 is 2.73 bits per heavy atom. The van der Waals surface area contributed by atoms with E-state index in [0.717, 1.165) is 51.1 Å². The van der Waals surface area contributed by atoms with Gasteiger partial charge in [0.15, 0.2) is 0 Å². The average molecular weight is 306 g/mol. The van der Waals surface area contributed by atoms with Crippen molar-refractivity contribution in [1.29, 1.82) is 0 Å². The molecular formula is C17H27FN4. The lowest BCUT2D eigenvalue weighted by atomic mass is 10.0. The topological polar surface area (TPSA) is 39.3 Å². The molecule has 3 N–H and O–H groups in total. The maximum atomic E-state index is 13.7. The minimum atomic E-state index is -0.0852. The standard InChI is InChI=1S/C17H27FN4/c1-13-15(11-20-21-13)10-19-16-6-8-22(9-7-16)12-14-4-2-3-5-17(14)18/h2-5,13,15-16,19-21H,6-12H2,1H3. The highest BCUT2D eigenvalue weighted by molar-refractivity contribution is 5.17. The smallest absolute Gasteiger partial charge is 0.127 e. The lowest BCUT2D eigenvalue weighted by Gasteiger charge is -2.33. The molecule has 0 aliphatic carbocycles. The molecule has 0 saturated carbocycles. The van der Waals surface area contributed by atoms with E-state index in [-0.39, 0.29) is 5.82 Å². The van der Waals surface area contributed by atoms with Crippen molar-refractivity contribution < 1.29 is 4.39 Å². The molecule has 0 amide bonds. The van der Waals surface area contributed by atoms with Crippen LogP contribution in [-0.2, 0) is 6.54 Å². The van der Waals surface area contributed by atoms with Crippen LogP contribution in [0.15, 0.2) is 24.3 Å². The maximum absolute atomic E-state index is 13.7. The van der Waals surface area contributed by atoms with Crippen molar-refractivity contribution in [3.05, 3.63) is 35.6 Å². The second-order valence-electron chi connectivity index (χ2n) is 6.62. The summed E-state index contributed by atoms with van der Waals surface area (Å²) in [6, 6.07) is 8.24. The summed E-state index contributed by atoms with van der Waals surface area (Å²) in [7, 11) is 0. The van der Waals surface area contributed by atoms with E-state index in [2.05, 4.69) is 28.0 Å². The van der Waals surface area contributed by atoms with Gasteiger partial charge in [0.05, 0.1) is 0 Å². The Morgan fingerprint density at radius 2 is 2.05 bits per heavy atom. The second-order valence-corrected chi connectivity index (χ2v) is 6.62. The molecule has 2 aliphatic heterocycles. The summed E-state index contributed by atoms with van der Waals surface area (Å²) in [6.45, 7) is 7.15. The molecule has 0 radical (unpaired) electrons. The van der Waals surface area contributed by atoms with Crippen molar-refractivity contribution in [2.45, 2.75) is 38.4 Å². The van der Waals surface area contributed by atoms with Crippen LogP contribution in [0.3, 0.4) is 0 Å². The zero-order valence-corrected chi connectivity index (χ0v) is 13.3. The van der Waals surface area contributed by atoms with Crippen molar-refractivity contribution >= 4 is 0 Å². The lowest BCUT2D eigenvalue weighted by molar-refractivity contribution is 0.186. The van der Waals surface area contributed by atoms with E-state index in [1.807, 2.05) is 12.1 Å². The zero-order chi connectivity index (χ0) is 15.4. The molecule has 2 atom stereocenters. The van der Waals surface area contributed by atoms with Gasteiger partial charge >= 0.3 is 0 Å². The van der Waals surface area contributed by atoms with Gasteiger partial charge in [-0.15, -0.1) is 0 Å². The van der Waals surface area contributed by atoms with E-state index in [1.54, 1.807) is 12.1 Å². The quantitative estimate of drug-likeness (QED) is 0.771. The number of nitrogens with zero attached hydrogens (tertiary/aromatic N) is 1. The summed E-state index contributed by atoms with van der Waals surface area (Å²) in [5, 5.41) is 3.71. The molecule has 3 rings (SSSR count). The average Bonchev–Trinajstić information content (AvgIpc) is 2.94. The van der Waals surface area contributed by atoms with Crippen molar-refractivity contribution in [2.24, 2.45) is 5.92 Å². The van der Waals surface area contributed by atoms with E-state index >= 15 is 0 Å². The Hall–Kier alpha value is -1.01. The fourth-order valence-electron chi connectivity index (χ4n) is 3.38. The normalized spacial score (nSPS) is 27.4. The molecule has 5 heteroatoms. The first-order chi connectivity index (χ1) is 10.7. The molecule has 2 saturated heterocycles. The van der Waals surface area contributed by atoms with Crippen molar-refractivity contribution in [3.63, 3.8) is 0 Å². The van der Waals surface area contributed by atoms with Crippen LogP contribution in [0.2, 0.25) is 0 Å². The summed E-state index contributed by atoms with van der Waals surface area (Å²) >= 11 is 0. The van der Waals surface area contributed by atoms with Crippen LogP contribution in [0.25, 0.3) is 0 Å². The molecule has 1 aromatic carbocycles. The highest BCUT2D eigenvalue weighted by atomic mass is 19.1. The molecule has 0 bridgehead atoms. The number of hydrazine groups is 1. The first kappa shape index (κ1) is 15.9. The Kier molecular flexibility index (Phi) is 5.41. The highest BCUT2D eigenvalue weighted by Gasteiger charge is 2.25. The summed E-state index contributed by atoms with van der Waals surface area (Å²) in [5.74, 6) is 0.578. The monoisotopic (exact) mass is 306 g/mol. The van der Waals surface area contributed by atoms with E-state index < -0.39 is 0 Å². The minimum absolute atomic E-state index is 0.0852.